The second-order valence-corrected chi connectivity index (χ2v) is 8.43. The van der Waals surface area contributed by atoms with Crippen LogP contribution in [0, 0.1) is 25.1 Å². The van der Waals surface area contributed by atoms with Crippen LogP contribution in [0.2, 0.25) is 0 Å². The first-order valence-electron chi connectivity index (χ1n) is 11.9. The molecule has 6 heteroatoms. The van der Waals surface area contributed by atoms with Crippen molar-refractivity contribution >= 4 is 11.5 Å². The first kappa shape index (κ1) is 26.1. The molecule has 3 aromatic carbocycles. The predicted octanol–water partition coefficient (Wildman–Crippen LogP) is 5.85. The van der Waals surface area contributed by atoms with E-state index in [1.807, 2.05) is 32.0 Å². The molecule has 1 N–H and O–H groups in total. The molecule has 3 rings (SSSR count). The van der Waals surface area contributed by atoms with E-state index in [0.29, 0.717) is 17.9 Å². The minimum absolute atomic E-state index is 0.0941. The van der Waals surface area contributed by atoms with Gasteiger partial charge in [0.25, 0.3) is 0 Å². The average molecular weight is 477 g/mol. The fraction of sp³-hybridized carbons (Fsp3) is 0.310. The molecule has 0 radical (unpaired) electrons. The molecule has 0 heterocycles. The van der Waals surface area contributed by atoms with Gasteiger partial charge in [-0.1, -0.05) is 32.0 Å². The van der Waals surface area contributed by atoms with Gasteiger partial charge in [0.05, 0.1) is 0 Å². The summed E-state index contributed by atoms with van der Waals surface area (Å²) in [7, 11) is 0. The van der Waals surface area contributed by atoms with Gasteiger partial charge in [-0.15, -0.1) is 0 Å². The normalized spacial score (nSPS) is 10.9. The number of ether oxygens (including phenoxy) is 2. The minimum atomic E-state index is -0.401. The zero-order chi connectivity index (χ0) is 25.4. The molecule has 5 nitrogen and oxygen atoms in total. The number of halogens is 1. The Labute approximate surface area is 207 Å². The van der Waals surface area contributed by atoms with Gasteiger partial charge in [-0.2, -0.15) is 0 Å². The van der Waals surface area contributed by atoms with E-state index in [1.165, 1.54) is 12.1 Å². The number of hydrogen-bond acceptors (Lipinski definition) is 5. The number of hydrogen-bond donors (Lipinski definition) is 1. The molecule has 0 spiro atoms. The molecule has 0 bridgehead atoms. The summed E-state index contributed by atoms with van der Waals surface area (Å²) >= 11 is 0. The standard InChI is InChI=1S/C29H33FN2O3/c1-5-32(6-2)15-16-34-27-14-10-24(18-21(27)4)29(31)26(33)19-35-28-13-9-23(17-20(28)3)22-7-11-25(30)12-8-22/h7-14,17-18,31H,5-6,15-16,19H2,1-4H3. The first-order chi connectivity index (χ1) is 16.8. The second kappa shape index (κ2) is 12.3. The van der Waals surface area contributed by atoms with Crippen LogP contribution in [-0.2, 0) is 4.79 Å². The Hall–Kier alpha value is -3.51. The Kier molecular flexibility index (Phi) is 9.15. The highest BCUT2D eigenvalue weighted by atomic mass is 19.1. The molecule has 0 atom stereocenters. The third-order valence-electron chi connectivity index (χ3n) is 6.01. The summed E-state index contributed by atoms with van der Waals surface area (Å²) < 4.78 is 24.8. The zero-order valence-electron chi connectivity index (χ0n) is 20.9. The lowest BCUT2D eigenvalue weighted by Gasteiger charge is -2.18. The maximum Gasteiger partial charge on any atom is 0.218 e. The van der Waals surface area contributed by atoms with Crippen LogP contribution < -0.4 is 9.47 Å². The van der Waals surface area contributed by atoms with E-state index < -0.39 is 5.78 Å². The monoisotopic (exact) mass is 476 g/mol. The van der Waals surface area contributed by atoms with Crippen molar-refractivity contribution in [3.8, 4) is 22.6 Å². The number of nitrogens with zero attached hydrogens (tertiary/aromatic N) is 1. The summed E-state index contributed by atoms with van der Waals surface area (Å²) in [5, 5.41) is 8.32. The predicted molar refractivity (Wildman–Crippen MR) is 138 cm³/mol. The summed E-state index contributed by atoms with van der Waals surface area (Å²) in [4.78, 5) is 14.9. The zero-order valence-corrected chi connectivity index (χ0v) is 20.9. The van der Waals surface area contributed by atoms with Gasteiger partial charge in [-0.05, 0) is 91.7 Å². The maximum atomic E-state index is 13.2. The first-order valence-corrected chi connectivity index (χ1v) is 11.9. The SMILES string of the molecule is CCN(CC)CCOc1ccc(C(=N)C(=O)COc2ccc(-c3ccc(F)cc3)cc2C)cc1C. The van der Waals surface area contributed by atoms with E-state index in [1.54, 1.807) is 30.3 Å². The number of carbonyl (C=O) groups is 1. The lowest BCUT2D eigenvalue weighted by molar-refractivity contribution is -0.114. The van der Waals surface area contributed by atoms with E-state index in [2.05, 4.69) is 18.7 Å². The number of ketones is 1. The van der Waals surface area contributed by atoms with Gasteiger partial charge in [-0.25, -0.2) is 4.39 Å². The molecule has 0 aromatic heterocycles. The Morgan fingerprint density at radius 3 is 2.09 bits per heavy atom. The van der Waals surface area contributed by atoms with Crippen LogP contribution in [0.15, 0.2) is 60.7 Å². The van der Waals surface area contributed by atoms with Gasteiger partial charge in [0, 0.05) is 12.1 Å². The highest BCUT2D eigenvalue weighted by Gasteiger charge is 2.15. The molecule has 184 valence electrons. The second-order valence-electron chi connectivity index (χ2n) is 8.43. The fourth-order valence-electron chi connectivity index (χ4n) is 3.80. The molecule has 0 unspecified atom stereocenters. The molecule has 35 heavy (non-hydrogen) atoms. The maximum absolute atomic E-state index is 13.2. The highest BCUT2D eigenvalue weighted by molar-refractivity contribution is 6.45. The van der Waals surface area contributed by atoms with E-state index >= 15 is 0 Å². The van der Waals surface area contributed by atoms with Crippen LogP contribution >= 0.6 is 0 Å². The van der Waals surface area contributed by atoms with Gasteiger partial charge >= 0.3 is 0 Å². The van der Waals surface area contributed by atoms with Gasteiger partial charge in [0.15, 0.2) is 6.61 Å². The highest BCUT2D eigenvalue weighted by Crippen LogP contribution is 2.26. The van der Waals surface area contributed by atoms with Crippen LogP contribution in [0.25, 0.3) is 11.1 Å². The van der Waals surface area contributed by atoms with Gasteiger partial charge in [0.1, 0.15) is 29.6 Å². The summed E-state index contributed by atoms with van der Waals surface area (Å²) in [6.45, 7) is 11.2. The van der Waals surface area contributed by atoms with E-state index in [0.717, 1.165) is 47.6 Å². The number of carbonyl (C=O) groups excluding carboxylic acids is 1. The van der Waals surface area contributed by atoms with Crippen molar-refractivity contribution in [2.45, 2.75) is 27.7 Å². The number of rotatable bonds is 12. The Morgan fingerprint density at radius 2 is 1.46 bits per heavy atom. The number of likely N-dealkylation sites (N-methyl/N-ethyl adjacent to an activating group) is 1. The summed E-state index contributed by atoms with van der Waals surface area (Å²) in [5.41, 5.74) is 4.01. The van der Waals surface area contributed by atoms with Crippen LogP contribution in [-0.4, -0.2) is 49.2 Å². The van der Waals surface area contributed by atoms with Crippen LogP contribution in [0.4, 0.5) is 4.39 Å². The lowest BCUT2D eigenvalue weighted by atomic mass is 10.0. The summed E-state index contributed by atoms with van der Waals surface area (Å²) in [5.74, 6) is 0.653. The van der Waals surface area contributed by atoms with Crippen molar-refractivity contribution in [3.05, 3.63) is 83.2 Å². The van der Waals surface area contributed by atoms with Crippen molar-refractivity contribution in [1.82, 2.24) is 4.90 Å². The molecular weight excluding hydrogens is 443 g/mol. The molecule has 3 aromatic rings. The van der Waals surface area contributed by atoms with Gasteiger partial charge < -0.3 is 14.4 Å². The largest absolute Gasteiger partial charge is 0.492 e. The third kappa shape index (κ3) is 6.99. The van der Waals surface area contributed by atoms with E-state index in [-0.39, 0.29) is 18.1 Å². The molecule has 0 aliphatic carbocycles. The molecule has 0 amide bonds. The van der Waals surface area contributed by atoms with Crippen molar-refractivity contribution < 1.29 is 18.7 Å². The molecular formula is C29H33FN2O3. The summed E-state index contributed by atoms with van der Waals surface area (Å²) in [6, 6.07) is 17.2. The third-order valence-corrected chi connectivity index (χ3v) is 6.01. The van der Waals surface area contributed by atoms with E-state index in [9.17, 15) is 9.18 Å². The van der Waals surface area contributed by atoms with Gasteiger partial charge in [-0.3, -0.25) is 10.2 Å². The van der Waals surface area contributed by atoms with E-state index in [4.69, 9.17) is 14.9 Å². The van der Waals surface area contributed by atoms with Crippen molar-refractivity contribution in [2.75, 3.05) is 32.8 Å². The molecule has 0 aliphatic rings. The lowest BCUT2D eigenvalue weighted by Crippen LogP contribution is -2.28. The fourth-order valence-corrected chi connectivity index (χ4v) is 3.80. The smallest absolute Gasteiger partial charge is 0.218 e. The topological polar surface area (TPSA) is 62.6 Å². The Bertz CT molecular complexity index is 1170. The molecule has 0 fully saturated rings. The van der Waals surface area contributed by atoms with Crippen molar-refractivity contribution in [3.63, 3.8) is 0 Å². The molecule has 0 saturated carbocycles. The number of benzene rings is 3. The van der Waals surface area contributed by atoms with Crippen LogP contribution in [0.3, 0.4) is 0 Å². The van der Waals surface area contributed by atoms with Gasteiger partial charge in [0.2, 0.25) is 5.78 Å². The molecule has 0 saturated heterocycles. The number of aryl methyl sites for hydroxylation is 2. The molecule has 0 aliphatic heterocycles. The van der Waals surface area contributed by atoms with Crippen LogP contribution in [0.5, 0.6) is 11.5 Å². The quantitative estimate of drug-likeness (QED) is 0.333. The Morgan fingerprint density at radius 1 is 0.857 bits per heavy atom. The number of Topliss-reactive ketones (excluding diaryl/α,β-unsaturated/α-hetero) is 1. The minimum Gasteiger partial charge on any atom is -0.492 e. The Balaban J connectivity index is 1.57. The van der Waals surface area contributed by atoms with Crippen molar-refractivity contribution in [1.29, 1.82) is 5.41 Å². The summed E-state index contributed by atoms with van der Waals surface area (Å²) in [6.07, 6.45) is 0. The van der Waals surface area contributed by atoms with Crippen LogP contribution in [0.1, 0.15) is 30.5 Å². The van der Waals surface area contributed by atoms with Crippen molar-refractivity contribution in [2.24, 2.45) is 0 Å². The number of nitrogens with one attached hydrogen (secondary N) is 1. The average Bonchev–Trinajstić information content (AvgIpc) is 2.86.